The third kappa shape index (κ3) is 3.74. The van der Waals surface area contributed by atoms with Gasteiger partial charge in [0.05, 0.1) is 11.1 Å². The molecule has 0 saturated carbocycles. The van der Waals surface area contributed by atoms with Crippen molar-refractivity contribution >= 4 is 27.5 Å². The van der Waals surface area contributed by atoms with Crippen molar-refractivity contribution in [2.45, 2.75) is 6.92 Å². The fourth-order valence-corrected chi connectivity index (χ4v) is 1.70. The van der Waals surface area contributed by atoms with Crippen LogP contribution in [0.2, 0.25) is 5.28 Å². The minimum Gasteiger partial charge on any atom is -0.464 e. The molecule has 1 heterocycles. The molecule has 0 bridgehead atoms. The largest absolute Gasteiger partial charge is 0.464 e. The van der Waals surface area contributed by atoms with Crippen molar-refractivity contribution in [3.8, 4) is 17.8 Å². The van der Waals surface area contributed by atoms with Gasteiger partial charge in [-0.2, -0.15) is 9.97 Å². The molecule has 8 heteroatoms. The fraction of sp³-hybridized carbons (Fsp3) is 0.182. The highest BCUT2D eigenvalue weighted by Crippen LogP contribution is 2.25. The van der Waals surface area contributed by atoms with Gasteiger partial charge in [0, 0.05) is 0 Å². The quantitative estimate of drug-likeness (QED) is 0.844. The summed E-state index contributed by atoms with van der Waals surface area (Å²) in [6.07, 6.45) is 0. The van der Waals surface area contributed by atoms with Crippen LogP contribution in [0.4, 0.5) is 4.39 Å². The smallest absolute Gasteiger partial charge is 0.329 e. The first-order chi connectivity index (χ1) is 9.08. The molecule has 1 aromatic carbocycles. The minimum absolute atomic E-state index is 0.0260. The normalized spacial score (nSPS) is 10.3. The van der Waals surface area contributed by atoms with E-state index in [1.165, 1.54) is 18.2 Å². The Morgan fingerprint density at radius 3 is 2.68 bits per heavy atom. The molecule has 0 atom stereocenters. The molecule has 100 valence electrons. The molecule has 2 aromatic rings. The van der Waals surface area contributed by atoms with Crippen LogP contribution in [-0.2, 0) is 0 Å². The SMILES string of the molecule is CCOc1nc(Cl)nc(Oc2ccc(F)c(Br)c2)n1. The van der Waals surface area contributed by atoms with Gasteiger partial charge in [0.1, 0.15) is 11.6 Å². The number of ether oxygens (including phenoxy) is 2. The van der Waals surface area contributed by atoms with Gasteiger partial charge in [-0.1, -0.05) is 0 Å². The average Bonchev–Trinajstić information content (AvgIpc) is 2.33. The number of hydrogen-bond donors (Lipinski definition) is 0. The van der Waals surface area contributed by atoms with E-state index in [1.807, 2.05) is 0 Å². The summed E-state index contributed by atoms with van der Waals surface area (Å²) >= 11 is 8.77. The Labute approximate surface area is 121 Å². The summed E-state index contributed by atoms with van der Waals surface area (Å²) in [7, 11) is 0. The summed E-state index contributed by atoms with van der Waals surface area (Å²) < 4.78 is 23.8. The van der Waals surface area contributed by atoms with Gasteiger partial charge in [-0.15, -0.1) is 4.98 Å². The number of rotatable bonds is 4. The Kier molecular flexibility index (Phi) is 4.49. The second kappa shape index (κ2) is 6.12. The lowest BCUT2D eigenvalue weighted by Crippen LogP contribution is -2.01. The molecule has 0 spiro atoms. The third-order valence-corrected chi connectivity index (χ3v) is 2.72. The van der Waals surface area contributed by atoms with Crippen molar-refractivity contribution in [1.29, 1.82) is 0 Å². The van der Waals surface area contributed by atoms with E-state index >= 15 is 0 Å². The van der Waals surface area contributed by atoms with Crippen molar-refractivity contribution in [3.05, 3.63) is 33.8 Å². The molecule has 0 amide bonds. The molecule has 0 aliphatic heterocycles. The predicted molar refractivity (Wildman–Crippen MR) is 70.2 cm³/mol. The van der Waals surface area contributed by atoms with Gasteiger partial charge >= 0.3 is 12.0 Å². The molecule has 0 aliphatic rings. The van der Waals surface area contributed by atoms with Crippen molar-refractivity contribution < 1.29 is 13.9 Å². The molecule has 0 fully saturated rings. The van der Waals surface area contributed by atoms with Crippen LogP contribution in [0.5, 0.6) is 17.8 Å². The van der Waals surface area contributed by atoms with Crippen LogP contribution in [0.15, 0.2) is 22.7 Å². The van der Waals surface area contributed by atoms with E-state index in [0.29, 0.717) is 12.4 Å². The van der Waals surface area contributed by atoms with Crippen LogP contribution in [0, 0.1) is 5.82 Å². The summed E-state index contributed by atoms with van der Waals surface area (Å²) in [6.45, 7) is 2.18. The Morgan fingerprint density at radius 2 is 2.00 bits per heavy atom. The summed E-state index contributed by atoms with van der Waals surface area (Å²) in [5.74, 6) is -0.0333. The van der Waals surface area contributed by atoms with Crippen LogP contribution in [0.3, 0.4) is 0 Å². The van der Waals surface area contributed by atoms with Crippen molar-refractivity contribution in [1.82, 2.24) is 15.0 Å². The van der Waals surface area contributed by atoms with Gasteiger partial charge in [0.15, 0.2) is 0 Å². The number of aromatic nitrogens is 3. The highest BCUT2D eigenvalue weighted by molar-refractivity contribution is 9.10. The van der Waals surface area contributed by atoms with E-state index < -0.39 is 5.82 Å². The molecule has 0 radical (unpaired) electrons. The van der Waals surface area contributed by atoms with Crippen LogP contribution >= 0.6 is 27.5 Å². The van der Waals surface area contributed by atoms with Crippen LogP contribution in [0.1, 0.15) is 6.92 Å². The van der Waals surface area contributed by atoms with E-state index in [-0.39, 0.29) is 21.8 Å². The van der Waals surface area contributed by atoms with E-state index in [9.17, 15) is 4.39 Å². The van der Waals surface area contributed by atoms with Crippen molar-refractivity contribution in [2.24, 2.45) is 0 Å². The van der Waals surface area contributed by atoms with Gasteiger partial charge in [0.2, 0.25) is 5.28 Å². The lowest BCUT2D eigenvalue weighted by Gasteiger charge is -2.06. The summed E-state index contributed by atoms with van der Waals surface area (Å²) in [4.78, 5) is 11.5. The maximum Gasteiger partial charge on any atom is 0.329 e. The molecular weight excluding hydrogens is 340 g/mol. The zero-order chi connectivity index (χ0) is 13.8. The molecule has 1 aromatic heterocycles. The van der Waals surface area contributed by atoms with E-state index in [2.05, 4.69) is 30.9 Å². The van der Waals surface area contributed by atoms with Crippen LogP contribution in [0.25, 0.3) is 0 Å². The van der Waals surface area contributed by atoms with Gasteiger partial charge < -0.3 is 9.47 Å². The summed E-state index contributed by atoms with van der Waals surface area (Å²) in [6, 6.07) is 4.19. The number of halogens is 3. The lowest BCUT2D eigenvalue weighted by molar-refractivity contribution is 0.303. The standard InChI is InChI=1S/C11H8BrClFN3O2/c1-2-18-10-15-9(13)16-11(17-10)19-6-3-4-8(14)7(12)5-6/h3-5H,2H2,1H3. The molecule has 19 heavy (non-hydrogen) atoms. The molecule has 0 saturated heterocycles. The zero-order valence-corrected chi connectivity index (χ0v) is 12.1. The third-order valence-electron chi connectivity index (χ3n) is 1.94. The van der Waals surface area contributed by atoms with Gasteiger partial charge in [-0.25, -0.2) is 4.39 Å². The lowest BCUT2D eigenvalue weighted by atomic mass is 10.3. The van der Waals surface area contributed by atoms with Crippen LogP contribution < -0.4 is 9.47 Å². The topological polar surface area (TPSA) is 57.1 Å². The first-order valence-corrected chi connectivity index (χ1v) is 6.43. The minimum atomic E-state index is -0.393. The van der Waals surface area contributed by atoms with Crippen LogP contribution in [-0.4, -0.2) is 21.6 Å². The second-order valence-corrected chi connectivity index (χ2v) is 4.47. The zero-order valence-electron chi connectivity index (χ0n) is 9.73. The average molecular weight is 349 g/mol. The fourth-order valence-electron chi connectivity index (χ4n) is 1.20. The number of benzene rings is 1. The molecule has 0 unspecified atom stereocenters. The van der Waals surface area contributed by atoms with E-state index in [1.54, 1.807) is 6.92 Å². The molecule has 0 aliphatic carbocycles. The second-order valence-electron chi connectivity index (χ2n) is 3.28. The van der Waals surface area contributed by atoms with Gasteiger partial charge in [-0.05, 0) is 52.7 Å². The van der Waals surface area contributed by atoms with Crippen molar-refractivity contribution in [2.75, 3.05) is 6.61 Å². The Hall–Kier alpha value is -1.47. The highest BCUT2D eigenvalue weighted by Gasteiger charge is 2.09. The van der Waals surface area contributed by atoms with Crippen molar-refractivity contribution in [3.63, 3.8) is 0 Å². The van der Waals surface area contributed by atoms with E-state index in [0.717, 1.165) is 0 Å². The Bertz CT molecular complexity index is 600. The highest BCUT2D eigenvalue weighted by atomic mass is 79.9. The molecule has 5 nitrogen and oxygen atoms in total. The molecule has 2 rings (SSSR count). The number of hydrogen-bond acceptors (Lipinski definition) is 5. The maximum atomic E-state index is 13.1. The predicted octanol–water partition coefficient (Wildman–Crippen LogP) is 3.62. The van der Waals surface area contributed by atoms with Gasteiger partial charge in [0.25, 0.3) is 0 Å². The number of nitrogens with zero attached hydrogens (tertiary/aromatic N) is 3. The Balaban J connectivity index is 2.24. The molecule has 0 N–H and O–H groups in total. The summed E-state index contributed by atoms with van der Waals surface area (Å²) in [5, 5.41) is -0.0466. The Morgan fingerprint density at radius 1 is 1.26 bits per heavy atom. The summed E-state index contributed by atoms with van der Waals surface area (Å²) in [5.41, 5.74) is 0. The monoisotopic (exact) mass is 347 g/mol. The first-order valence-electron chi connectivity index (χ1n) is 5.25. The first kappa shape index (κ1) is 14.0. The molecular formula is C11H8BrClFN3O2. The van der Waals surface area contributed by atoms with Gasteiger partial charge in [-0.3, -0.25) is 0 Å². The van der Waals surface area contributed by atoms with E-state index in [4.69, 9.17) is 21.1 Å². The maximum absolute atomic E-state index is 13.1.